The van der Waals surface area contributed by atoms with Crippen molar-refractivity contribution in [3.63, 3.8) is 0 Å². The molecular weight excluding hydrogens is 503 g/mol. The third-order valence-electron chi connectivity index (χ3n) is 4.91. The van der Waals surface area contributed by atoms with Gasteiger partial charge in [0.15, 0.2) is 5.96 Å². The first kappa shape index (κ1) is 25.7. The second kappa shape index (κ2) is 13.8. The minimum atomic E-state index is -0.757. The number of ether oxygens (including phenoxy) is 1. The molecule has 0 heterocycles. The van der Waals surface area contributed by atoms with Gasteiger partial charge in [0.25, 0.3) is 0 Å². The lowest BCUT2D eigenvalue weighted by molar-refractivity contribution is -0.120. The van der Waals surface area contributed by atoms with E-state index in [-0.39, 0.29) is 47.7 Å². The topological polar surface area (TPSA) is 91.8 Å². The van der Waals surface area contributed by atoms with Gasteiger partial charge in [-0.05, 0) is 37.0 Å². The average molecular weight is 536 g/mol. The third kappa shape index (κ3) is 8.90. The van der Waals surface area contributed by atoms with Crippen LogP contribution in [0, 0.1) is 0 Å². The van der Waals surface area contributed by atoms with Crippen LogP contribution in [0.2, 0.25) is 0 Å². The summed E-state index contributed by atoms with van der Waals surface area (Å²) in [6.45, 7) is 2.58. The Balaban J connectivity index is 0.00000420. The molecule has 0 aromatic heterocycles. The van der Waals surface area contributed by atoms with Gasteiger partial charge in [-0.3, -0.25) is 14.0 Å². The summed E-state index contributed by atoms with van der Waals surface area (Å²) >= 11 is 0. The summed E-state index contributed by atoms with van der Waals surface area (Å²) in [6.07, 6.45) is 4.00. The smallest absolute Gasteiger partial charge is 0.239 e. The first-order valence-electron chi connectivity index (χ1n) is 9.79. The minimum Gasteiger partial charge on any atom is -0.497 e. The van der Waals surface area contributed by atoms with Crippen LogP contribution in [-0.2, 0) is 22.1 Å². The Labute approximate surface area is 193 Å². The molecule has 1 aliphatic rings. The van der Waals surface area contributed by atoms with E-state index in [4.69, 9.17) is 4.74 Å². The number of hydrogen-bond donors (Lipinski definition) is 3. The van der Waals surface area contributed by atoms with Gasteiger partial charge < -0.3 is 20.7 Å². The molecule has 1 amide bonds. The summed E-state index contributed by atoms with van der Waals surface area (Å²) < 4.78 is 17.2. The number of halogens is 1. The van der Waals surface area contributed by atoms with Crippen molar-refractivity contribution in [2.24, 2.45) is 4.99 Å². The number of nitrogens with zero attached hydrogens (tertiary/aromatic N) is 1. The summed E-state index contributed by atoms with van der Waals surface area (Å²) in [5.74, 6) is 2.00. The van der Waals surface area contributed by atoms with Crippen LogP contribution >= 0.6 is 24.0 Å². The van der Waals surface area contributed by atoms with Gasteiger partial charge in [0.05, 0.1) is 13.7 Å². The maximum absolute atomic E-state index is 12.1. The number of hydrogen-bond acceptors (Lipinski definition) is 4. The van der Waals surface area contributed by atoms with E-state index in [1.807, 2.05) is 31.2 Å². The van der Waals surface area contributed by atoms with Crippen LogP contribution < -0.4 is 20.7 Å². The molecule has 1 aliphatic carbocycles. The Morgan fingerprint density at radius 2 is 1.97 bits per heavy atom. The molecule has 1 fully saturated rings. The first-order chi connectivity index (χ1) is 13.5. The van der Waals surface area contributed by atoms with Crippen LogP contribution in [0.1, 0.15) is 38.2 Å². The quantitative estimate of drug-likeness (QED) is 0.269. The Kier molecular flexibility index (Phi) is 12.2. The number of carbonyl (C=O) groups excluding carboxylic acids is 1. The highest BCUT2D eigenvalue weighted by atomic mass is 127. The van der Waals surface area contributed by atoms with Crippen molar-refractivity contribution in [3.8, 4) is 5.75 Å². The zero-order chi connectivity index (χ0) is 20.4. The van der Waals surface area contributed by atoms with E-state index in [9.17, 15) is 9.00 Å². The van der Waals surface area contributed by atoms with Crippen molar-refractivity contribution in [2.75, 3.05) is 26.5 Å². The SMILES string of the molecule is CCS(=O)C1CCCC(NC(=NC)NCC(=O)NCc2ccc(OC)cc2)C1.I. The van der Waals surface area contributed by atoms with Crippen LogP contribution in [0.5, 0.6) is 5.75 Å². The molecule has 0 spiro atoms. The van der Waals surface area contributed by atoms with Gasteiger partial charge in [0.2, 0.25) is 5.91 Å². The molecule has 3 atom stereocenters. The number of carbonyl (C=O) groups is 1. The third-order valence-corrected chi connectivity index (χ3v) is 6.65. The van der Waals surface area contributed by atoms with Gasteiger partial charge in [0, 0.05) is 41.4 Å². The lowest BCUT2D eigenvalue weighted by Crippen LogP contribution is -2.48. The number of methoxy groups -OCH3 is 1. The zero-order valence-electron chi connectivity index (χ0n) is 17.4. The van der Waals surface area contributed by atoms with Crippen LogP contribution in [-0.4, -0.2) is 53.8 Å². The molecule has 3 unspecified atom stereocenters. The molecular formula is C20H33IN4O3S. The largest absolute Gasteiger partial charge is 0.497 e. The van der Waals surface area contributed by atoms with Crippen molar-refractivity contribution in [3.05, 3.63) is 29.8 Å². The number of benzene rings is 1. The van der Waals surface area contributed by atoms with E-state index in [2.05, 4.69) is 20.9 Å². The van der Waals surface area contributed by atoms with E-state index < -0.39 is 10.8 Å². The van der Waals surface area contributed by atoms with E-state index >= 15 is 0 Å². The van der Waals surface area contributed by atoms with Crippen LogP contribution in [0.25, 0.3) is 0 Å². The van der Waals surface area contributed by atoms with Crippen LogP contribution in [0.4, 0.5) is 0 Å². The lowest BCUT2D eigenvalue weighted by Gasteiger charge is -2.30. The van der Waals surface area contributed by atoms with Gasteiger partial charge in [-0.1, -0.05) is 25.5 Å². The molecule has 3 N–H and O–H groups in total. The molecule has 29 heavy (non-hydrogen) atoms. The van der Waals surface area contributed by atoms with E-state index in [0.29, 0.717) is 18.3 Å². The van der Waals surface area contributed by atoms with E-state index in [0.717, 1.165) is 37.0 Å². The number of aliphatic imine (C=N–C) groups is 1. The Morgan fingerprint density at radius 3 is 2.59 bits per heavy atom. The molecule has 0 radical (unpaired) electrons. The summed E-state index contributed by atoms with van der Waals surface area (Å²) in [4.78, 5) is 16.3. The summed E-state index contributed by atoms with van der Waals surface area (Å²) in [5.41, 5.74) is 1.01. The van der Waals surface area contributed by atoms with Gasteiger partial charge in [-0.25, -0.2) is 0 Å². The molecule has 9 heteroatoms. The van der Waals surface area contributed by atoms with Crippen molar-refractivity contribution in [1.29, 1.82) is 0 Å². The Hall–Kier alpha value is -1.36. The number of rotatable bonds is 8. The fourth-order valence-electron chi connectivity index (χ4n) is 3.31. The number of nitrogens with one attached hydrogen (secondary N) is 3. The van der Waals surface area contributed by atoms with Gasteiger partial charge in [0.1, 0.15) is 5.75 Å². The van der Waals surface area contributed by atoms with Crippen molar-refractivity contribution in [1.82, 2.24) is 16.0 Å². The van der Waals surface area contributed by atoms with Crippen LogP contribution in [0.3, 0.4) is 0 Å². The summed E-state index contributed by atoms with van der Waals surface area (Å²) in [5, 5.41) is 9.56. The van der Waals surface area contributed by atoms with Crippen molar-refractivity contribution in [2.45, 2.75) is 50.4 Å². The summed E-state index contributed by atoms with van der Waals surface area (Å²) in [6, 6.07) is 7.82. The molecule has 1 aromatic carbocycles. The van der Waals surface area contributed by atoms with Gasteiger partial charge >= 0.3 is 0 Å². The fraction of sp³-hybridized carbons (Fsp3) is 0.600. The van der Waals surface area contributed by atoms with E-state index in [1.165, 1.54) is 0 Å². The van der Waals surface area contributed by atoms with Gasteiger partial charge in [-0.2, -0.15) is 0 Å². The second-order valence-corrected chi connectivity index (χ2v) is 8.86. The Bertz CT molecular complexity index is 685. The average Bonchev–Trinajstić information content (AvgIpc) is 2.75. The maximum Gasteiger partial charge on any atom is 0.239 e. The molecule has 0 bridgehead atoms. The summed E-state index contributed by atoms with van der Waals surface area (Å²) in [7, 11) is 2.56. The minimum absolute atomic E-state index is 0. The monoisotopic (exact) mass is 536 g/mol. The normalized spacial score (nSPS) is 20.2. The highest BCUT2D eigenvalue weighted by Crippen LogP contribution is 2.22. The number of amides is 1. The predicted molar refractivity (Wildman–Crippen MR) is 129 cm³/mol. The molecule has 1 aromatic rings. The van der Waals surface area contributed by atoms with E-state index in [1.54, 1.807) is 14.2 Å². The van der Waals surface area contributed by atoms with Gasteiger partial charge in [-0.15, -0.1) is 24.0 Å². The molecule has 7 nitrogen and oxygen atoms in total. The van der Waals surface area contributed by atoms with Crippen LogP contribution in [0.15, 0.2) is 29.3 Å². The Morgan fingerprint density at radius 1 is 1.24 bits per heavy atom. The highest BCUT2D eigenvalue weighted by molar-refractivity contribution is 14.0. The second-order valence-electron chi connectivity index (χ2n) is 6.85. The molecule has 1 saturated carbocycles. The van der Waals surface area contributed by atoms with Crippen molar-refractivity contribution < 1.29 is 13.7 Å². The first-order valence-corrected chi connectivity index (χ1v) is 11.2. The zero-order valence-corrected chi connectivity index (χ0v) is 20.5. The molecule has 2 rings (SSSR count). The predicted octanol–water partition coefficient (Wildman–Crippen LogP) is 2.17. The molecule has 164 valence electrons. The molecule has 0 aliphatic heterocycles. The lowest BCUT2D eigenvalue weighted by atomic mass is 9.95. The standard InChI is InChI=1S/C20H32N4O3S.HI/c1-4-28(26)18-7-5-6-16(12-18)24-20(21-2)23-14-19(25)22-13-15-8-10-17(27-3)11-9-15;/h8-11,16,18H,4-7,12-14H2,1-3H3,(H,22,25)(H2,21,23,24);1H. The van der Waals surface area contributed by atoms with Crippen molar-refractivity contribution >= 4 is 46.6 Å². The maximum atomic E-state index is 12.1. The highest BCUT2D eigenvalue weighted by Gasteiger charge is 2.26. The number of guanidine groups is 1. The molecule has 0 saturated heterocycles. The fourth-order valence-corrected chi connectivity index (χ4v) is 4.66.